The molecule has 19 heavy (non-hydrogen) atoms. The lowest BCUT2D eigenvalue weighted by molar-refractivity contribution is 0.541. The van der Waals surface area contributed by atoms with E-state index in [0.717, 1.165) is 16.8 Å². The molecule has 5 nitrogen and oxygen atoms in total. The van der Waals surface area contributed by atoms with Gasteiger partial charge in [-0.2, -0.15) is 0 Å². The standard InChI is InChI=1S/C9H13N3O2S.2C2H6/c1-3-11-9-8(7-10)5-4-6-12(9)15(2,13)14;2*1-2/h3-4,6-7,10H,5H2,1-2H3;2*1-2H3/b10-7?,11-3-;;. The number of allylic oxidation sites excluding steroid dienone is 2. The van der Waals surface area contributed by atoms with Crippen LogP contribution in [0.5, 0.6) is 0 Å². The molecule has 110 valence electrons. The lowest BCUT2D eigenvalue weighted by atomic mass is 10.1. The molecule has 1 aliphatic heterocycles. The zero-order valence-electron chi connectivity index (χ0n) is 12.6. The summed E-state index contributed by atoms with van der Waals surface area (Å²) in [5, 5.41) is 7.19. The molecule has 6 heteroatoms. The third-order valence-corrected chi connectivity index (χ3v) is 2.87. The lowest BCUT2D eigenvalue weighted by Gasteiger charge is -2.23. The van der Waals surface area contributed by atoms with Gasteiger partial charge in [0.05, 0.1) is 6.26 Å². The molecule has 0 bridgehead atoms. The molecule has 0 atom stereocenters. The van der Waals surface area contributed by atoms with Crippen molar-refractivity contribution < 1.29 is 8.42 Å². The molecule has 0 radical (unpaired) electrons. The van der Waals surface area contributed by atoms with Gasteiger partial charge < -0.3 is 5.41 Å². The summed E-state index contributed by atoms with van der Waals surface area (Å²) in [6.07, 6.45) is 7.43. The Bertz CT molecular complexity index is 449. The Labute approximate surface area is 117 Å². The summed E-state index contributed by atoms with van der Waals surface area (Å²) >= 11 is 0. The van der Waals surface area contributed by atoms with Crippen LogP contribution in [0.4, 0.5) is 0 Å². The van der Waals surface area contributed by atoms with Crippen LogP contribution in [0.3, 0.4) is 0 Å². The largest absolute Gasteiger partial charge is 0.308 e. The summed E-state index contributed by atoms with van der Waals surface area (Å²) in [6, 6.07) is 0. The molecule has 0 aromatic carbocycles. The van der Waals surface area contributed by atoms with Crippen LogP contribution in [0.1, 0.15) is 41.0 Å². The van der Waals surface area contributed by atoms with E-state index in [2.05, 4.69) is 4.99 Å². The Morgan fingerprint density at radius 3 is 2.21 bits per heavy atom. The molecule has 1 heterocycles. The first-order chi connectivity index (χ1) is 9.00. The Kier molecular flexibility index (Phi) is 11.0. The number of nitrogens with zero attached hydrogens (tertiary/aromatic N) is 2. The summed E-state index contributed by atoms with van der Waals surface area (Å²) in [5.41, 5.74) is 0.584. The van der Waals surface area contributed by atoms with Crippen molar-refractivity contribution in [2.75, 3.05) is 6.26 Å². The number of hydrogen-bond acceptors (Lipinski definition) is 4. The highest BCUT2D eigenvalue weighted by molar-refractivity contribution is 7.88. The van der Waals surface area contributed by atoms with E-state index in [0.29, 0.717) is 17.8 Å². The monoisotopic (exact) mass is 287 g/mol. The first-order valence-corrected chi connectivity index (χ1v) is 8.24. The maximum atomic E-state index is 11.4. The molecule has 0 aromatic rings. The van der Waals surface area contributed by atoms with Gasteiger partial charge in [-0.1, -0.05) is 33.8 Å². The second-order valence-corrected chi connectivity index (χ2v) is 4.89. The minimum Gasteiger partial charge on any atom is -0.308 e. The molecule has 0 fully saturated rings. The van der Waals surface area contributed by atoms with Crippen LogP contribution < -0.4 is 0 Å². The molecule has 0 aromatic heterocycles. The van der Waals surface area contributed by atoms with Gasteiger partial charge in [0.15, 0.2) is 5.82 Å². The number of nitrogens with one attached hydrogen (secondary N) is 1. The maximum absolute atomic E-state index is 11.4. The normalized spacial score (nSPS) is 14.5. The maximum Gasteiger partial charge on any atom is 0.237 e. The van der Waals surface area contributed by atoms with E-state index in [4.69, 9.17) is 5.41 Å². The molecule has 1 rings (SSSR count). The summed E-state index contributed by atoms with van der Waals surface area (Å²) in [5.74, 6) is 0.303. The fraction of sp³-hybridized carbons (Fsp3) is 0.538. The van der Waals surface area contributed by atoms with Crippen LogP contribution in [-0.4, -0.2) is 31.4 Å². The van der Waals surface area contributed by atoms with Crippen LogP contribution in [0.25, 0.3) is 0 Å². The average molecular weight is 287 g/mol. The molecule has 1 N–H and O–H groups in total. The van der Waals surface area contributed by atoms with Crippen molar-refractivity contribution in [3.63, 3.8) is 0 Å². The highest BCUT2D eigenvalue weighted by Crippen LogP contribution is 2.22. The van der Waals surface area contributed by atoms with Crippen LogP contribution >= 0.6 is 0 Å². The van der Waals surface area contributed by atoms with E-state index in [1.165, 1.54) is 12.4 Å². The molecule has 0 saturated heterocycles. The van der Waals surface area contributed by atoms with E-state index >= 15 is 0 Å². The van der Waals surface area contributed by atoms with Gasteiger partial charge in [-0.15, -0.1) is 0 Å². The van der Waals surface area contributed by atoms with Crippen molar-refractivity contribution >= 4 is 22.5 Å². The second kappa shape index (κ2) is 10.5. The molecule has 1 aliphatic rings. The molecular weight excluding hydrogens is 262 g/mol. The summed E-state index contributed by atoms with van der Waals surface area (Å²) in [6.45, 7) is 9.70. The van der Waals surface area contributed by atoms with Gasteiger partial charge >= 0.3 is 0 Å². The van der Waals surface area contributed by atoms with Crippen molar-refractivity contribution in [2.24, 2.45) is 4.99 Å². The summed E-state index contributed by atoms with van der Waals surface area (Å²) in [7, 11) is -3.37. The molecule has 0 amide bonds. The van der Waals surface area contributed by atoms with Gasteiger partial charge in [0.1, 0.15) is 0 Å². The Morgan fingerprint density at radius 2 is 1.84 bits per heavy atom. The molecular formula is C13H25N3O2S. The predicted octanol–water partition coefficient (Wildman–Crippen LogP) is 3.17. The fourth-order valence-electron chi connectivity index (χ4n) is 1.23. The van der Waals surface area contributed by atoms with Gasteiger partial charge in [-0.05, 0) is 13.3 Å². The molecule has 0 spiro atoms. The van der Waals surface area contributed by atoms with Crippen molar-refractivity contribution in [3.05, 3.63) is 23.7 Å². The number of aliphatic imine (C=N–C) groups is 1. The van der Waals surface area contributed by atoms with Gasteiger partial charge in [-0.25, -0.2) is 17.7 Å². The van der Waals surface area contributed by atoms with E-state index in [1.807, 2.05) is 27.7 Å². The summed E-state index contributed by atoms with van der Waals surface area (Å²) < 4.78 is 23.9. The van der Waals surface area contributed by atoms with Gasteiger partial charge in [0.25, 0.3) is 0 Å². The third-order valence-electron chi connectivity index (χ3n) is 1.86. The topological polar surface area (TPSA) is 73.6 Å². The Morgan fingerprint density at radius 1 is 1.32 bits per heavy atom. The highest BCUT2D eigenvalue weighted by Gasteiger charge is 2.21. The van der Waals surface area contributed by atoms with Gasteiger partial charge in [-0.3, -0.25) is 0 Å². The van der Waals surface area contributed by atoms with Gasteiger partial charge in [0.2, 0.25) is 10.0 Å². The SMILES string of the molecule is C/C=N\C1=C(C=N)CC=CN1S(C)(=O)=O.CC.CC. The average Bonchev–Trinajstić information content (AvgIpc) is 2.42. The first-order valence-electron chi connectivity index (χ1n) is 6.39. The molecule has 0 saturated carbocycles. The summed E-state index contributed by atoms with van der Waals surface area (Å²) in [4.78, 5) is 3.98. The number of rotatable bonds is 3. The van der Waals surface area contributed by atoms with Crippen molar-refractivity contribution in [2.45, 2.75) is 41.0 Å². The lowest BCUT2D eigenvalue weighted by Crippen LogP contribution is -2.26. The van der Waals surface area contributed by atoms with E-state index in [9.17, 15) is 8.42 Å². The minimum absolute atomic E-state index is 0.303. The van der Waals surface area contributed by atoms with E-state index in [-0.39, 0.29) is 0 Å². The highest BCUT2D eigenvalue weighted by atomic mass is 32.2. The third kappa shape index (κ3) is 6.33. The van der Waals surface area contributed by atoms with Crippen LogP contribution in [0.15, 0.2) is 28.7 Å². The Hall–Kier alpha value is -1.43. The molecule has 0 unspecified atom stereocenters. The van der Waals surface area contributed by atoms with Crippen LogP contribution in [0.2, 0.25) is 0 Å². The molecule has 0 aliphatic carbocycles. The van der Waals surface area contributed by atoms with E-state index < -0.39 is 10.0 Å². The fourth-order valence-corrected chi connectivity index (χ4v) is 2.02. The van der Waals surface area contributed by atoms with E-state index in [1.54, 1.807) is 13.0 Å². The first kappa shape index (κ1) is 19.9. The zero-order valence-corrected chi connectivity index (χ0v) is 13.5. The van der Waals surface area contributed by atoms with Crippen LogP contribution in [-0.2, 0) is 10.0 Å². The van der Waals surface area contributed by atoms with Crippen molar-refractivity contribution in [3.8, 4) is 0 Å². The van der Waals surface area contributed by atoms with Gasteiger partial charge in [0, 0.05) is 24.2 Å². The minimum atomic E-state index is -3.37. The second-order valence-electron chi connectivity index (χ2n) is 3.03. The quantitative estimate of drug-likeness (QED) is 0.810. The van der Waals surface area contributed by atoms with Crippen molar-refractivity contribution in [1.82, 2.24) is 4.31 Å². The zero-order chi connectivity index (χ0) is 15.5. The predicted molar refractivity (Wildman–Crippen MR) is 83.1 cm³/mol. The Balaban J connectivity index is 0. The number of sulfonamides is 1. The number of hydrogen-bond donors (Lipinski definition) is 1. The van der Waals surface area contributed by atoms with Crippen molar-refractivity contribution in [1.29, 1.82) is 5.41 Å². The van der Waals surface area contributed by atoms with Crippen LogP contribution in [0, 0.1) is 5.41 Å². The smallest absolute Gasteiger partial charge is 0.237 e.